The lowest BCUT2D eigenvalue weighted by Crippen LogP contribution is -2.09. The predicted molar refractivity (Wildman–Crippen MR) is 70.1 cm³/mol. The molecule has 0 spiro atoms. The number of rotatable bonds is 8. The number of hydrogen-bond acceptors (Lipinski definition) is 5. The van der Waals surface area contributed by atoms with E-state index in [0.717, 1.165) is 12.2 Å². The lowest BCUT2D eigenvalue weighted by atomic mass is 10.2. The molecule has 2 rings (SSSR count). The number of unbranched alkanes of at least 4 members (excludes halogenated alkanes) is 1. The van der Waals surface area contributed by atoms with Crippen LogP contribution in [0.25, 0.3) is 0 Å². The van der Waals surface area contributed by atoms with Crippen molar-refractivity contribution in [1.82, 2.24) is 20.2 Å². The number of ether oxygens (including phenoxy) is 1. The number of nitrogens with zero attached hydrogens (tertiary/aromatic N) is 4. The first-order valence-corrected chi connectivity index (χ1v) is 6.40. The molecule has 0 bridgehead atoms. The largest absolute Gasteiger partial charge is 0.486 e. The Balaban J connectivity index is 1.81. The zero-order valence-electron chi connectivity index (χ0n) is 11.0. The van der Waals surface area contributed by atoms with Crippen molar-refractivity contribution in [2.45, 2.75) is 32.4 Å². The van der Waals surface area contributed by atoms with E-state index < -0.39 is 5.97 Å². The van der Waals surface area contributed by atoms with Crippen LogP contribution >= 0.6 is 0 Å². The molecule has 1 aromatic carbocycles. The van der Waals surface area contributed by atoms with E-state index in [1.165, 1.54) is 0 Å². The van der Waals surface area contributed by atoms with Gasteiger partial charge in [-0.05, 0) is 35.4 Å². The van der Waals surface area contributed by atoms with E-state index in [0.29, 0.717) is 18.8 Å². The van der Waals surface area contributed by atoms with Gasteiger partial charge in [-0.3, -0.25) is 4.79 Å². The van der Waals surface area contributed by atoms with Crippen LogP contribution in [0.2, 0.25) is 0 Å². The van der Waals surface area contributed by atoms with Crippen molar-refractivity contribution in [3.8, 4) is 5.75 Å². The van der Waals surface area contributed by atoms with Crippen LogP contribution in [-0.2, 0) is 17.9 Å². The Morgan fingerprint density at radius 1 is 1.25 bits per heavy atom. The monoisotopic (exact) mass is 276 g/mol. The molecule has 0 radical (unpaired) electrons. The minimum atomic E-state index is -0.783. The number of tetrazole rings is 1. The number of aryl methyl sites for hydroxylation is 1. The van der Waals surface area contributed by atoms with Crippen molar-refractivity contribution in [2.75, 3.05) is 0 Å². The van der Waals surface area contributed by atoms with Gasteiger partial charge in [-0.25, -0.2) is 4.68 Å². The van der Waals surface area contributed by atoms with Crippen LogP contribution in [0.5, 0.6) is 5.75 Å². The van der Waals surface area contributed by atoms with E-state index in [1.807, 2.05) is 30.3 Å². The van der Waals surface area contributed by atoms with Crippen LogP contribution < -0.4 is 4.74 Å². The number of aliphatic carboxylic acids is 1. The smallest absolute Gasteiger partial charge is 0.303 e. The quantitative estimate of drug-likeness (QED) is 0.735. The highest BCUT2D eigenvalue weighted by Crippen LogP contribution is 2.10. The molecule has 7 nitrogen and oxygen atoms in total. The fourth-order valence-corrected chi connectivity index (χ4v) is 1.70. The van der Waals surface area contributed by atoms with E-state index in [4.69, 9.17) is 9.84 Å². The van der Waals surface area contributed by atoms with E-state index in [1.54, 1.807) is 4.68 Å². The highest BCUT2D eigenvalue weighted by Gasteiger charge is 2.07. The summed E-state index contributed by atoms with van der Waals surface area (Å²) in [6.07, 6.45) is 1.49. The molecule has 7 heteroatoms. The first-order valence-electron chi connectivity index (χ1n) is 6.40. The second kappa shape index (κ2) is 7.22. The van der Waals surface area contributed by atoms with Gasteiger partial charge >= 0.3 is 5.97 Å². The summed E-state index contributed by atoms with van der Waals surface area (Å²) < 4.78 is 7.22. The molecule has 0 saturated heterocycles. The Hall–Kier alpha value is -2.44. The lowest BCUT2D eigenvalue weighted by Gasteiger charge is -2.06. The van der Waals surface area contributed by atoms with Gasteiger partial charge in [-0.1, -0.05) is 18.2 Å². The second-order valence-electron chi connectivity index (χ2n) is 4.27. The van der Waals surface area contributed by atoms with E-state index in [9.17, 15) is 4.79 Å². The summed E-state index contributed by atoms with van der Waals surface area (Å²) >= 11 is 0. The maximum atomic E-state index is 10.4. The van der Waals surface area contributed by atoms with Gasteiger partial charge in [0.05, 0.1) is 0 Å². The molecule has 0 unspecified atom stereocenters. The summed E-state index contributed by atoms with van der Waals surface area (Å²) in [5.74, 6) is 0.603. The molecule has 0 aliphatic carbocycles. The first kappa shape index (κ1) is 14.0. The number of benzene rings is 1. The van der Waals surface area contributed by atoms with Gasteiger partial charge < -0.3 is 9.84 Å². The van der Waals surface area contributed by atoms with Crippen molar-refractivity contribution in [2.24, 2.45) is 0 Å². The SMILES string of the molecule is O=C(O)CCCCn1nnnc1COc1ccccc1. The molecular weight excluding hydrogens is 260 g/mol. The van der Waals surface area contributed by atoms with Gasteiger partial charge in [0.15, 0.2) is 5.82 Å². The van der Waals surface area contributed by atoms with Crippen molar-refractivity contribution >= 4 is 5.97 Å². The van der Waals surface area contributed by atoms with Crippen LogP contribution in [0, 0.1) is 0 Å². The molecule has 0 aliphatic heterocycles. The van der Waals surface area contributed by atoms with Gasteiger partial charge in [0, 0.05) is 13.0 Å². The van der Waals surface area contributed by atoms with Gasteiger partial charge in [0.1, 0.15) is 12.4 Å². The molecule has 1 heterocycles. The summed E-state index contributed by atoms with van der Waals surface area (Å²) in [4.78, 5) is 10.4. The van der Waals surface area contributed by atoms with Crippen LogP contribution in [0.3, 0.4) is 0 Å². The van der Waals surface area contributed by atoms with Crippen LogP contribution in [0.4, 0.5) is 0 Å². The van der Waals surface area contributed by atoms with Crippen LogP contribution in [0.15, 0.2) is 30.3 Å². The maximum Gasteiger partial charge on any atom is 0.303 e. The molecule has 0 saturated carbocycles. The van der Waals surface area contributed by atoms with E-state index in [2.05, 4.69) is 15.5 Å². The van der Waals surface area contributed by atoms with Crippen molar-refractivity contribution in [3.63, 3.8) is 0 Å². The summed E-state index contributed by atoms with van der Waals surface area (Å²) in [6, 6.07) is 9.43. The average Bonchev–Trinajstić information content (AvgIpc) is 2.90. The molecule has 106 valence electrons. The fourth-order valence-electron chi connectivity index (χ4n) is 1.70. The van der Waals surface area contributed by atoms with Gasteiger partial charge in [-0.15, -0.1) is 5.10 Å². The molecular formula is C13H16N4O3. The summed E-state index contributed by atoms with van der Waals surface area (Å²) in [5.41, 5.74) is 0. The average molecular weight is 276 g/mol. The number of carboxylic acids is 1. The fraction of sp³-hybridized carbons (Fsp3) is 0.385. The summed E-state index contributed by atoms with van der Waals surface area (Å²) in [6.45, 7) is 0.879. The second-order valence-corrected chi connectivity index (χ2v) is 4.27. The zero-order chi connectivity index (χ0) is 14.2. The molecule has 1 aromatic heterocycles. The van der Waals surface area contributed by atoms with Gasteiger partial charge in [0.25, 0.3) is 0 Å². The van der Waals surface area contributed by atoms with E-state index in [-0.39, 0.29) is 13.0 Å². The first-order chi connectivity index (χ1) is 9.75. The number of carbonyl (C=O) groups is 1. The standard InChI is InChI=1S/C13H16N4O3/c18-13(19)8-4-5-9-17-12(14-15-16-17)10-20-11-6-2-1-3-7-11/h1-3,6-7H,4-5,8-10H2,(H,18,19). The molecule has 20 heavy (non-hydrogen) atoms. The van der Waals surface area contributed by atoms with E-state index >= 15 is 0 Å². The minimum absolute atomic E-state index is 0.165. The highest BCUT2D eigenvalue weighted by molar-refractivity contribution is 5.66. The van der Waals surface area contributed by atoms with Gasteiger partial charge in [-0.2, -0.15) is 0 Å². The zero-order valence-corrected chi connectivity index (χ0v) is 11.0. The Labute approximate surface area is 116 Å². The Morgan fingerprint density at radius 3 is 2.80 bits per heavy atom. The third kappa shape index (κ3) is 4.34. The third-order valence-corrected chi connectivity index (χ3v) is 2.73. The number of carboxylic acid groups (broad SMARTS) is 1. The topological polar surface area (TPSA) is 90.1 Å². The van der Waals surface area contributed by atoms with Gasteiger partial charge in [0.2, 0.25) is 0 Å². The Morgan fingerprint density at radius 2 is 2.05 bits per heavy atom. The predicted octanol–water partition coefficient (Wildman–Crippen LogP) is 1.51. The lowest BCUT2D eigenvalue weighted by molar-refractivity contribution is -0.137. The number of para-hydroxylation sites is 1. The Kier molecular flexibility index (Phi) is 5.05. The molecule has 2 aromatic rings. The molecule has 0 fully saturated rings. The maximum absolute atomic E-state index is 10.4. The summed E-state index contributed by atoms with van der Waals surface area (Å²) in [5, 5.41) is 20.0. The Bertz CT molecular complexity index is 542. The number of hydrogen-bond donors (Lipinski definition) is 1. The van der Waals surface area contributed by atoms with Crippen LogP contribution in [0.1, 0.15) is 25.1 Å². The third-order valence-electron chi connectivity index (χ3n) is 2.73. The van der Waals surface area contributed by atoms with Crippen molar-refractivity contribution in [1.29, 1.82) is 0 Å². The molecule has 0 aliphatic rings. The van der Waals surface area contributed by atoms with Crippen molar-refractivity contribution in [3.05, 3.63) is 36.2 Å². The van der Waals surface area contributed by atoms with Crippen molar-refractivity contribution < 1.29 is 14.6 Å². The number of aromatic nitrogens is 4. The molecule has 1 N–H and O–H groups in total. The van der Waals surface area contributed by atoms with Crippen LogP contribution in [-0.4, -0.2) is 31.3 Å². The summed E-state index contributed by atoms with van der Waals surface area (Å²) in [7, 11) is 0. The minimum Gasteiger partial charge on any atom is -0.486 e. The normalized spacial score (nSPS) is 10.4. The molecule has 0 amide bonds. The molecule has 0 atom stereocenters. The highest BCUT2D eigenvalue weighted by atomic mass is 16.5.